The molecule has 2 rings (SSSR count). The number of benzene rings is 2. The van der Waals surface area contributed by atoms with Gasteiger partial charge in [-0.2, -0.15) is 0 Å². The van der Waals surface area contributed by atoms with E-state index in [0.29, 0.717) is 13.2 Å². The average Bonchev–Trinajstić information content (AvgIpc) is 2.50. The number of anilines is 1. The van der Waals surface area contributed by atoms with Gasteiger partial charge in [0.1, 0.15) is 0 Å². The number of likely N-dealkylation sites (N-methyl/N-ethyl adjacent to an activating group) is 1. The lowest BCUT2D eigenvalue weighted by Crippen LogP contribution is -2.31. The van der Waals surface area contributed by atoms with Crippen LogP contribution < -0.4 is 10.6 Å². The van der Waals surface area contributed by atoms with E-state index >= 15 is 0 Å². The normalized spacial score (nSPS) is 12.2. The highest BCUT2D eigenvalue weighted by atomic mass is 16.5. The highest BCUT2D eigenvalue weighted by Crippen LogP contribution is 2.29. The third kappa shape index (κ3) is 3.43. The first-order chi connectivity index (χ1) is 10.2. The Morgan fingerprint density at radius 1 is 1.10 bits per heavy atom. The summed E-state index contributed by atoms with van der Waals surface area (Å²) in [5.41, 5.74) is 11.0. The molecule has 0 amide bonds. The Kier molecular flexibility index (Phi) is 5.37. The number of hydrogen-bond acceptors (Lipinski definition) is 3. The molecule has 0 bridgehead atoms. The minimum Gasteiger partial charge on any atom is -0.380 e. The fourth-order valence-corrected chi connectivity index (χ4v) is 2.77. The van der Waals surface area contributed by atoms with Crippen LogP contribution in [-0.2, 0) is 11.3 Å². The molecule has 2 aromatic rings. The van der Waals surface area contributed by atoms with Crippen molar-refractivity contribution in [2.24, 2.45) is 5.73 Å². The molecule has 0 spiro atoms. The van der Waals surface area contributed by atoms with E-state index in [2.05, 4.69) is 61.3 Å². The number of para-hydroxylation sites is 1. The first kappa shape index (κ1) is 15.5. The van der Waals surface area contributed by atoms with Crippen LogP contribution in [-0.4, -0.2) is 20.7 Å². The first-order valence-corrected chi connectivity index (χ1v) is 7.24. The molecule has 0 aromatic heterocycles. The van der Waals surface area contributed by atoms with Crippen LogP contribution in [0.15, 0.2) is 48.5 Å². The summed E-state index contributed by atoms with van der Waals surface area (Å²) in [6.45, 7) is 3.29. The third-order valence-electron chi connectivity index (χ3n) is 3.90. The van der Waals surface area contributed by atoms with Crippen molar-refractivity contribution in [1.82, 2.24) is 0 Å². The number of hydrogen-bond donors (Lipinski definition) is 1. The van der Waals surface area contributed by atoms with Crippen LogP contribution in [0.4, 0.5) is 5.69 Å². The smallest absolute Gasteiger partial charge is 0.0716 e. The molecular formula is C18H24N2O. The van der Waals surface area contributed by atoms with Gasteiger partial charge in [-0.25, -0.2) is 0 Å². The van der Waals surface area contributed by atoms with Gasteiger partial charge in [0, 0.05) is 26.4 Å². The van der Waals surface area contributed by atoms with Crippen molar-refractivity contribution >= 4 is 5.69 Å². The van der Waals surface area contributed by atoms with Crippen LogP contribution >= 0.6 is 0 Å². The summed E-state index contributed by atoms with van der Waals surface area (Å²) in [7, 11) is 3.82. The largest absolute Gasteiger partial charge is 0.380 e. The van der Waals surface area contributed by atoms with Crippen molar-refractivity contribution < 1.29 is 4.74 Å². The summed E-state index contributed by atoms with van der Waals surface area (Å²) in [6.07, 6.45) is 0. The molecule has 0 radical (unpaired) electrons. The van der Waals surface area contributed by atoms with E-state index in [1.54, 1.807) is 7.11 Å². The zero-order valence-electron chi connectivity index (χ0n) is 13.0. The van der Waals surface area contributed by atoms with Crippen molar-refractivity contribution in [3.05, 3.63) is 65.2 Å². The van der Waals surface area contributed by atoms with Gasteiger partial charge in [-0.15, -0.1) is 0 Å². The molecule has 3 heteroatoms. The Morgan fingerprint density at radius 2 is 1.76 bits per heavy atom. The lowest BCUT2D eigenvalue weighted by Gasteiger charge is -2.32. The predicted molar refractivity (Wildman–Crippen MR) is 88.5 cm³/mol. The van der Waals surface area contributed by atoms with Crippen molar-refractivity contribution in [3.63, 3.8) is 0 Å². The van der Waals surface area contributed by atoms with E-state index in [1.807, 2.05) is 6.07 Å². The topological polar surface area (TPSA) is 38.5 Å². The Bertz CT molecular complexity index is 583. The quantitative estimate of drug-likeness (QED) is 0.884. The SMILES string of the molecule is COCc1ccccc1C(CN)N(C)c1ccccc1C. The highest BCUT2D eigenvalue weighted by molar-refractivity contribution is 5.54. The number of methoxy groups -OCH3 is 1. The summed E-state index contributed by atoms with van der Waals surface area (Å²) < 4.78 is 5.31. The summed E-state index contributed by atoms with van der Waals surface area (Å²) in [6, 6.07) is 16.9. The van der Waals surface area contributed by atoms with E-state index in [1.165, 1.54) is 22.4 Å². The Hall–Kier alpha value is -1.84. The van der Waals surface area contributed by atoms with Crippen LogP contribution in [0, 0.1) is 6.92 Å². The summed E-state index contributed by atoms with van der Waals surface area (Å²) >= 11 is 0. The minimum atomic E-state index is 0.137. The van der Waals surface area contributed by atoms with E-state index < -0.39 is 0 Å². The number of aryl methyl sites for hydroxylation is 1. The number of ether oxygens (including phenoxy) is 1. The lowest BCUT2D eigenvalue weighted by atomic mass is 9.98. The Morgan fingerprint density at radius 3 is 2.43 bits per heavy atom. The van der Waals surface area contributed by atoms with Crippen LogP contribution in [0.1, 0.15) is 22.7 Å². The summed E-state index contributed by atoms with van der Waals surface area (Å²) in [5.74, 6) is 0. The van der Waals surface area contributed by atoms with E-state index in [4.69, 9.17) is 10.5 Å². The molecule has 0 saturated carbocycles. The molecule has 112 valence electrons. The van der Waals surface area contributed by atoms with Gasteiger partial charge in [-0.05, 0) is 29.7 Å². The second-order valence-corrected chi connectivity index (χ2v) is 5.28. The Labute approximate surface area is 127 Å². The molecule has 0 aliphatic carbocycles. The molecule has 0 saturated heterocycles. The molecule has 1 unspecified atom stereocenters. The maximum absolute atomic E-state index is 6.08. The van der Waals surface area contributed by atoms with Crippen LogP contribution in [0.25, 0.3) is 0 Å². The summed E-state index contributed by atoms with van der Waals surface area (Å²) in [5, 5.41) is 0. The van der Waals surface area contributed by atoms with Crippen LogP contribution in [0.3, 0.4) is 0 Å². The van der Waals surface area contributed by atoms with Crippen LogP contribution in [0.2, 0.25) is 0 Å². The molecule has 0 aliphatic heterocycles. The zero-order chi connectivity index (χ0) is 15.2. The monoisotopic (exact) mass is 284 g/mol. The maximum atomic E-state index is 6.08. The average molecular weight is 284 g/mol. The minimum absolute atomic E-state index is 0.137. The number of nitrogens with two attached hydrogens (primary N) is 1. The van der Waals surface area contributed by atoms with Crippen molar-refractivity contribution in [1.29, 1.82) is 0 Å². The van der Waals surface area contributed by atoms with E-state index in [9.17, 15) is 0 Å². The Balaban J connectivity index is 2.38. The predicted octanol–water partition coefficient (Wildman–Crippen LogP) is 3.28. The fraction of sp³-hybridized carbons (Fsp3) is 0.333. The molecule has 0 fully saturated rings. The molecule has 2 N–H and O–H groups in total. The molecule has 3 nitrogen and oxygen atoms in total. The van der Waals surface area contributed by atoms with Gasteiger partial charge in [-0.1, -0.05) is 42.5 Å². The van der Waals surface area contributed by atoms with Crippen molar-refractivity contribution in [2.45, 2.75) is 19.6 Å². The van der Waals surface area contributed by atoms with Gasteiger partial charge < -0.3 is 15.4 Å². The summed E-state index contributed by atoms with van der Waals surface area (Å²) in [4.78, 5) is 2.25. The second-order valence-electron chi connectivity index (χ2n) is 5.28. The molecule has 21 heavy (non-hydrogen) atoms. The highest BCUT2D eigenvalue weighted by Gasteiger charge is 2.19. The molecule has 1 atom stereocenters. The van der Waals surface area contributed by atoms with Gasteiger partial charge in [0.25, 0.3) is 0 Å². The molecular weight excluding hydrogens is 260 g/mol. The van der Waals surface area contributed by atoms with Gasteiger partial charge in [0.15, 0.2) is 0 Å². The standard InChI is InChI=1S/C18H24N2O/c1-14-8-4-7-11-17(14)20(2)18(12-19)16-10-6-5-9-15(16)13-21-3/h4-11,18H,12-13,19H2,1-3H3. The van der Waals surface area contributed by atoms with Crippen molar-refractivity contribution in [2.75, 3.05) is 25.6 Å². The fourth-order valence-electron chi connectivity index (χ4n) is 2.77. The van der Waals surface area contributed by atoms with Gasteiger partial charge in [-0.3, -0.25) is 0 Å². The van der Waals surface area contributed by atoms with Crippen molar-refractivity contribution in [3.8, 4) is 0 Å². The molecule has 0 heterocycles. The van der Waals surface area contributed by atoms with Gasteiger partial charge in [0.05, 0.1) is 12.6 Å². The first-order valence-electron chi connectivity index (χ1n) is 7.24. The number of rotatable bonds is 6. The lowest BCUT2D eigenvalue weighted by molar-refractivity contribution is 0.183. The zero-order valence-corrected chi connectivity index (χ0v) is 13.0. The maximum Gasteiger partial charge on any atom is 0.0716 e. The third-order valence-corrected chi connectivity index (χ3v) is 3.90. The second kappa shape index (κ2) is 7.25. The number of nitrogens with zero attached hydrogens (tertiary/aromatic N) is 1. The molecule has 2 aromatic carbocycles. The van der Waals surface area contributed by atoms with E-state index in [0.717, 1.165) is 0 Å². The van der Waals surface area contributed by atoms with Crippen LogP contribution in [0.5, 0.6) is 0 Å². The van der Waals surface area contributed by atoms with Gasteiger partial charge in [0.2, 0.25) is 0 Å². The molecule has 0 aliphatic rings. The van der Waals surface area contributed by atoms with E-state index in [-0.39, 0.29) is 6.04 Å². The van der Waals surface area contributed by atoms with Gasteiger partial charge >= 0.3 is 0 Å².